The molecular weight excluding hydrogens is 322 g/mol. The summed E-state index contributed by atoms with van der Waals surface area (Å²) in [6.45, 7) is 8.87. The Morgan fingerprint density at radius 3 is 2.42 bits per heavy atom. The predicted molar refractivity (Wildman–Crippen MR) is 110 cm³/mol. The SMILES string of the molecule is CC(C)=CCCC(C)=CCCc1ccc(C(C)CC(=O)NCCO)cc1. The number of benzene rings is 1. The highest BCUT2D eigenvalue weighted by Crippen LogP contribution is 2.20. The average molecular weight is 358 g/mol. The van der Waals surface area contributed by atoms with E-state index in [1.54, 1.807) is 0 Å². The lowest BCUT2D eigenvalue weighted by atomic mass is 9.95. The average Bonchev–Trinajstić information content (AvgIpc) is 2.60. The third kappa shape index (κ3) is 9.57. The Kier molecular flexibility index (Phi) is 10.6. The maximum absolute atomic E-state index is 11.7. The van der Waals surface area contributed by atoms with E-state index in [-0.39, 0.29) is 18.4 Å². The van der Waals surface area contributed by atoms with Gasteiger partial charge < -0.3 is 10.4 Å². The zero-order chi connectivity index (χ0) is 19.4. The maximum atomic E-state index is 11.7. The first-order valence-electron chi connectivity index (χ1n) is 9.67. The molecule has 0 radical (unpaired) electrons. The largest absolute Gasteiger partial charge is 0.395 e. The second kappa shape index (κ2) is 12.5. The molecule has 0 heterocycles. The van der Waals surface area contributed by atoms with Gasteiger partial charge >= 0.3 is 0 Å². The standard InChI is InChI=1S/C23H35NO2/c1-18(2)7-5-8-19(3)9-6-10-21-11-13-22(14-12-21)20(4)17-23(26)24-15-16-25/h7,9,11-14,20,25H,5-6,8,10,15-17H2,1-4H3,(H,24,26). The number of hydrogen-bond donors (Lipinski definition) is 2. The van der Waals surface area contributed by atoms with E-state index in [1.165, 1.54) is 22.3 Å². The van der Waals surface area contributed by atoms with Gasteiger partial charge in [0.25, 0.3) is 0 Å². The molecule has 1 aromatic rings. The molecule has 0 aromatic heterocycles. The third-order valence-electron chi connectivity index (χ3n) is 4.49. The van der Waals surface area contributed by atoms with E-state index < -0.39 is 0 Å². The Morgan fingerprint density at radius 1 is 1.12 bits per heavy atom. The summed E-state index contributed by atoms with van der Waals surface area (Å²) < 4.78 is 0. The van der Waals surface area contributed by atoms with Crippen LogP contribution in [0.5, 0.6) is 0 Å². The van der Waals surface area contributed by atoms with E-state index in [0.29, 0.717) is 13.0 Å². The Labute approximate surface area is 159 Å². The molecule has 1 rings (SSSR count). The molecule has 1 atom stereocenters. The topological polar surface area (TPSA) is 49.3 Å². The molecule has 0 fully saturated rings. The van der Waals surface area contributed by atoms with Gasteiger partial charge in [0.1, 0.15) is 0 Å². The molecule has 2 N–H and O–H groups in total. The van der Waals surface area contributed by atoms with Crippen molar-refractivity contribution in [2.45, 2.75) is 65.7 Å². The number of rotatable bonds is 11. The summed E-state index contributed by atoms with van der Waals surface area (Å²) in [7, 11) is 0. The molecule has 1 unspecified atom stereocenters. The van der Waals surface area contributed by atoms with Gasteiger partial charge in [0.15, 0.2) is 0 Å². The Bertz CT molecular complexity index is 595. The van der Waals surface area contributed by atoms with Crippen LogP contribution in [0, 0.1) is 0 Å². The van der Waals surface area contributed by atoms with Crippen molar-refractivity contribution in [1.29, 1.82) is 0 Å². The normalized spacial score (nSPS) is 12.6. The van der Waals surface area contributed by atoms with Crippen molar-refractivity contribution in [3.05, 3.63) is 58.7 Å². The molecule has 3 nitrogen and oxygen atoms in total. The van der Waals surface area contributed by atoms with Crippen LogP contribution in [0.2, 0.25) is 0 Å². The first-order valence-corrected chi connectivity index (χ1v) is 9.67. The van der Waals surface area contributed by atoms with Gasteiger partial charge in [-0.15, -0.1) is 0 Å². The van der Waals surface area contributed by atoms with Crippen LogP contribution in [0.4, 0.5) is 0 Å². The zero-order valence-corrected chi connectivity index (χ0v) is 16.8. The van der Waals surface area contributed by atoms with E-state index in [9.17, 15) is 4.79 Å². The van der Waals surface area contributed by atoms with E-state index >= 15 is 0 Å². The second-order valence-electron chi connectivity index (χ2n) is 7.33. The van der Waals surface area contributed by atoms with Gasteiger partial charge in [0.05, 0.1) is 6.61 Å². The van der Waals surface area contributed by atoms with Crippen LogP contribution in [0.25, 0.3) is 0 Å². The number of hydrogen-bond acceptors (Lipinski definition) is 2. The third-order valence-corrected chi connectivity index (χ3v) is 4.49. The van der Waals surface area contributed by atoms with E-state index in [2.05, 4.69) is 69.4 Å². The summed E-state index contributed by atoms with van der Waals surface area (Å²) in [5.74, 6) is 0.171. The highest BCUT2D eigenvalue weighted by molar-refractivity contribution is 5.76. The molecule has 0 aliphatic rings. The quantitative estimate of drug-likeness (QED) is 0.553. The van der Waals surface area contributed by atoms with Crippen molar-refractivity contribution in [3.8, 4) is 0 Å². The summed E-state index contributed by atoms with van der Waals surface area (Å²) in [6.07, 6.45) is 9.48. The van der Waals surface area contributed by atoms with E-state index in [1.807, 2.05) is 0 Å². The molecule has 0 saturated heterocycles. The van der Waals surface area contributed by atoms with E-state index in [0.717, 1.165) is 25.7 Å². The Hall–Kier alpha value is -1.87. The van der Waals surface area contributed by atoms with Gasteiger partial charge in [-0.2, -0.15) is 0 Å². The molecular formula is C23H35NO2. The molecule has 0 bridgehead atoms. The number of carbonyl (C=O) groups is 1. The highest BCUT2D eigenvalue weighted by atomic mass is 16.3. The minimum Gasteiger partial charge on any atom is -0.395 e. The monoisotopic (exact) mass is 357 g/mol. The van der Waals surface area contributed by atoms with Crippen LogP contribution in [-0.4, -0.2) is 24.2 Å². The Morgan fingerprint density at radius 2 is 1.81 bits per heavy atom. The molecule has 0 spiro atoms. The number of amides is 1. The summed E-state index contributed by atoms with van der Waals surface area (Å²) in [4.78, 5) is 11.7. The zero-order valence-electron chi connectivity index (χ0n) is 16.8. The molecule has 3 heteroatoms. The van der Waals surface area contributed by atoms with Crippen LogP contribution in [0.15, 0.2) is 47.6 Å². The minimum absolute atomic E-state index is 0.00986. The summed E-state index contributed by atoms with van der Waals surface area (Å²) in [5.41, 5.74) is 5.36. The van der Waals surface area contributed by atoms with Crippen LogP contribution < -0.4 is 5.32 Å². The van der Waals surface area contributed by atoms with Crippen LogP contribution in [0.3, 0.4) is 0 Å². The molecule has 0 aliphatic carbocycles. The van der Waals surface area contributed by atoms with Crippen molar-refractivity contribution in [1.82, 2.24) is 5.32 Å². The van der Waals surface area contributed by atoms with Crippen LogP contribution in [-0.2, 0) is 11.2 Å². The summed E-state index contributed by atoms with van der Waals surface area (Å²) in [6, 6.07) is 8.60. The maximum Gasteiger partial charge on any atom is 0.220 e. The number of nitrogens with one attached hydrogen (secondary N) is 1. The van der Waals surface area contributed by atoms with E-state index in [4.69, 9.17) is 5.11 Å². The summed E-state index contributed by atoms with van der Waals surface area (Å²) >= 11 is 0. The van der Waals surface area contributed by atoms with Gasteiger partial charge in [-0.3, -0.25) is 4.79 Å². The van der Waals surface area contributed by atoms with Gasteiger partial charge in [-0.05, 0) is 63.5 Å². The summed E-state index contributed by atoms with van der Waals surface area (Å²) in [5, 5.41) is 11.4. The van der Waals surface area contributed by atoms with Crippen LogP contribution >= 0.6 is 0 Å². The molecule has 144 valence electrons. The highest BCUT2D eigenvalue weighted by Gasteiger charge is 2.10. The minimum atomic E-state index is -0.0162. The fraction of sp³-hybridized carbons (Fsp3) is 0.522. The molecule has 0 saturated carbocycles. The number of aryl methyl sites for hydroxylation is 1. The van der Waals surface area contributed by atoms with Crippen molar-refractivity contribution in [2.75, 3.05) is 13.2 Å². The molecule has 1 amide bonds. The molecule has 26 heavy (non-hydrogen) atoms. The fourth-order valence-corrected chi connectivity index (χ4v) is 2.85. The van der Waals surface area contributed by atoms with Crippen molar-refractivity contribution in [3.63, 3.8) is 0 Å². The smallest absolute Gasteiger partial charge is 0.220 e. The van der Waals surface area contributed by atoms with Gasteiger partial charge in [0, 0.05) is 13.0 Å². The first-order chi connectivity index (χ1) is 12.4. The van der Waals surface area contributed by atoms with Gasteiger partial charge in [-0.1, -0.05) is 54.5 Å². The lowest BCUT2D eigenvalue weighted by molar-refractivity contribution is -0.121. The lowest BCUT2D eigenvalue weighted by Gasteiger charge is -2.12. The Balaban J connectivity index is 2.42. The first kappa shape index (κ1) is 22.2. The van der Waals surface area contributed by atoms with Crippen molar-refractivity contribution in [2.24, 2.45) is 0 Å². The number of aliphatic hydroxyl groups excluding tert-OH is 1. The number of allylic oxidation sites excluding steroid dienone is 4. The number of carbonyl (C=O) groups excluding carboxylic acids is 1. The molecule has 0 aliphatic heterocycles. The molecule has 1 aromatic carbocycles. The van der Waals surface area contributed by atoms with Gasteiger partial charge in [0.2, 0.25) is 5.91 Å². The van der Waals surface area contributed by atoms with Crippen LogP contribution in [0.1, 0.15) is 70.4 Å². The van der Waals surface area contributed by atoms with Crippen molar-refractivity contribution >= 4 is 5.91 Å². The van der Waals surface area contributed by atoms with Gasteiger partial charge in [-0.25, -0.2) is 0 Å². The lowest BCUT2D eigenvalue weighted by Crippen LogP contribution is -2.27. The number of aliphatic hydroxyl groups is 1. The fourth-order valence-electron chi connectivity index (χ4n) is 2.85. The van der Waals surface area contributed by atoms with Crippen molar-refractivity contribution < 1.29 is 9.90 Å². The second-order valence-corrected chi connectivity index (χ2v) is 7.33. The predicted octanol–water partition coefficient (Wildman–Crippen LogP) is 4.91.